The van der Waals surface area contributed by atoms with E-state index in [1.165, 1.54) is 0 Å². The maximum atomic E-state index is 5.45. The molecule has 1 aromatic heterocycles. The quantitative estimate of drug-likeness (QED) is 0.932. The molecule has 84 valence electrons. The molecule has 5 heteroatoms. The summed E-state index contributed by atoms with van der Waals surface area (Å²) in [5, 5.41) is 10.9. The first-order valence-corrected chi connectivity index (χ1v) is 5.81. The van der Waals surface area contributed by atoms with Crippen molar-refractivity contribution in [2.45, 2.75) is 19.8 Å². The summed E-state index contributed by atoms with van der Waals surface area (Å²) in [5.41, 5.74) is 0.904. The molecule has 0 aliphatic rings. The minimum absolute atomic E-state index is 0.238. The molecule has 2 rings (SSSR count). The van der Waals surface area contributed by atoms with Crippen LogP contribution >= 0.6 is 15.9 Å². The van der Waals surface area contributed by atoms with E-state index < -0.39 is 0 Å². The highest BCUT2D eigenvalue weighted by Gasteiger charge is 2.10. The first-order chi connectivity index (χ1) is 7.66. The van der Waals surface area contributed by atoms with Crippen LogP contribution in [-0.2, 0) is 0 Å². The number of para-hydroxylation sites is 1. The summed E-state index contributed by atoms with van der Waals surface area (Å²) in [4.78, 5) is 0. The minimum Gasteiger partial charge on any atom is -0.408 e. The second-order valence-electron chi connectivity index (χ2n) is 3.70. The van der Waals surface area contributed by atoms with Gasteiger partial charge in [0, 0.05) is 10.4 Å². The Bertz CT molecular complexity index is 482. The number of anilines is 2. The maximum Gasteiger partial charge on any atom is 0.320 e. The van der Waals surface area contributed by atoms with Crippen LogP contribution in [0.1, 0.15) is 25.7 Å². The topological polar surface area (TPSA) is 51.0 Å². The molecular formula is C11H12BrN3O. The molecule has 1 aromatic carbocycles. The third-order valence-electron chi connectivity index (χ3n) is 2.05. The van der Waals surface area contributed by atoms with Gasteiger partial charge in [0.2, 0.25) is 5.89 Å². The van der Waals surface area contributed by atoms with E-state index in [1.807, 2.05) is 38.1 Å². The van der Waals surface area contributed by atoms with Crippen LogP contribution in [-0.4, -0.2) is 10.2 Å². The predicted molar refractivity (Wildman–Crippen MR) is 65.8 cm³/mol. The summed E-state index contributed by atoms with van der Waals surface area (Å²) in [6.07, 6.45) is 0. The standard InChI is InChI=1S/C11H12BrN3O/c1-7(2)10-14-15-11(16-10)13-9-6-4-3-5-8(9)12/h3-7H,1-2H3,(H,13,15). The van der Waals surface area contributed by atoms with E-state index in [0.717, 1.165) is 10.2 Å². The molecule has 16 heavy (non-hydrogen) atoms. The number of rotatable bonds is 3. The normalized spacial score (nSPS) is 10.8. The third-order valence-corrected chi connectivity index (χ3v) is 2.74. The van der Waals surface area contributed by atoms with Crippen molar-refractivity contribution in [3.8, 4) is 0 Å². The zero-order chi connectivity index (χ0) is 11.5. The molecule has 0 aliphatic carbocycles. The van der Waals surface area contributed by atoms with Crippen molar-refractivity contribution in [2.24, 2.45) is 0 Å². The van der Waals surface area contributed by atoms with E-state index in [-0.39, 0.29) is 5.92 Å². The number of nitrogens with one attached hydrogen (secondary N) is 1. The number of nitrogens with zero attached hydrogens (tertiary/aromatic N) is 2. The van der Waals surface area contributed by atoms with Crippen molar-refractivity contribution >= 4 is 27.6 Å². The average molecular weight is 282 g/mol. The second-order valence-corrected chi connectivity index (χ2v) is 4.56. The third kappa shape index (κ3) is 2.41. The Morgan fingerprint density at radius 2 is 2.00 bits per heavy atom. The monoisotopic (exact) mass is 281 g/mol. The van der Waals surface area contributed by atoms with Crippen molar-refractivity contribution in [2.75, 3.05) is 5.32 Å². The lowest BCUT2D eigenvalue weighted by molar-refractivity contribution is 0.483. The molecule has 0 spiro atoms. The van der Waals surface area contributed by atoms with Gasteiger partial charge in [-0.3, -0.25) is 0 Å². The molecule has 0 aliphatic heterocycles. The zero-order valence-corrected chi connectivity index (χ0v) is 10.7. The fourth-order valence-corrected chi connectivity index (χ4v) is 1.58. The lowest BCUT2D eigenvalue weighted by Crippen LogP contribution is -1.90. The number of benzene rings is 1. The minimum atomic E-state index is 0.238. The Kier molecular flexibility index (Phi) is 3.24. The van der Waals surface area contributed by atoms with Crippen LogP contribution in [0.4, 0.5) is 11.7 Å². The molecule has 4 nitrogen and oxygen atoms in total. The maximum absolute atomic E-state index is 5.45. The summed E-state index contributed by atoms with van der Waals surface area (Å²) in [6.45, 7) is 4.02. The van der Waals surface area contributed by atoms with Gasteiger partial charge in [-0.05, 0) is 28.1 Å². The Labute approximate surface area is 102 Å². The van der Waals surface area contributed by atoms with Gasteiger partial charge in [-0.15, -0.1) is 5.10 Å². The van der Waals surface area contributed by atoms with Gasteiger partial charge in [-0.2, -0.15) is 0 Å². The molecule has 0 saturated carbocycles. The van der Waals surface area contributed by atoms with Gasteiger partial charge < -0.3 is 9.73 Å². The molecule has 1 heterocycles. The van der Waals surface area contributed by atoms with Gasteiger partial charge in [-0.25, -0.2) is 0 Å². The molecule has 0 radical (unpaired) electrons. The van der Waals surface area contributed by atoms with Crippen LogP contribution < -0.4 is 5.32 Å². The van der Waals surface area contributed by atoms with Gasteiger partial charge >= 0.3 is 6.01 Å². The van der Waals surface area contributed by atoms with Crippen molar-refractivity contribution in [1.82, 2.24) is 10.2 Å². The summed E-state index contributed by atoms with van der Waals surface area (Å²) in [6, 6.07) is 8.18. The molecule has 0 unspecified atom stereocenters. The number of hydrogen-bond donors (Lipinski definition) is 1. The van der Waals surface area contributed by atoms with Crippen LogP contribution in [0.2, 0.25) is 0 Å². The smallest absolute Gasteiger partial charge is 0.320 e. The summed E-state index contributed by atoms with van der Waals surface area (Å²) >= 11 is 3.44. The highest BCUT2D eigenvalue weighted by atomic mass is 79.9. The molecule has 0 fully saturated rings. The van der Waals surface area contributed by atoms with Crippen molar-refractivity contribution in [3.63, 3.8) is 0 Å². The lowest BCUT2D eigenvalue weighted by Gasteiger charge is -2.02. The van der Waals surface area contributed by atoms with Gasteiger partial charge in [0.1, 0.15) is 0 Å². The fourth-order valence-electron chi connectivity index (χ4n) is 1.20. The Balaban J connectivity index is 2.18. The molecule has 2 aromatic rings. The Morgan fingerprint density at radius 1 is 1.25 bits per heavy atom. The molecule has 0 bridgehead atoms. The lowest BCUT2D eigenvalue weighted by atomic mass is 10.2. The van der Waals surface area contributed by atoms with Gasteiger partial charge in [0.15, 0.2) is 0 Å². The van der Waals surface area contributed by atoms with Crippen LogP contribution in [0.5, 0.6) is 0 Å². The van der Waals surface area contributed by atoms with Crippen LogP contribution in [0.3, 0.4) is 0 Å². The average Bonchev–Trinajstić information content (AvgIpc) is 2.70. The fraction of sp³-hybridized carbons (Fsp3) is 0.273. The first kappa shape index (κ1) is 11.1. The largest absolute Gasteiger partial charge is 0.408 e. The number of halogens is 1. The molecule has 1 N–H and O–H groups in total. The van der Waals surface area contributed by atoms with Crippen molar-refractivity contribution < 1.29 is 4.42 Å². The van der Waals surface area contributed by atoms with Crippen LogP contribution in [0.25, 0.3) is 0 Å². The van der Waals surface area contributed by atoms with Crippen molar-refractivity contribution in [3.05, 3.63) is 34.6 Å². The molecule has 0 atom stereocenters. The first-order valence-electron chi connectivity index (χ1n) is 5.02. The summed E-state index contributed by atoms with van der Waals surface area (Å²) < 4.78 is 6.41. The van der Waals surface area contributed by atoms with E-state index >= 15 is 0 Å². The van der Waals surface area contributed by atoms with Crippen LogP contribution in [0, 0.1) is 0 Å². The van der Waals surface area contributed by atoms with Crippen LogP contribution in [0.15, 0.2) is 33.2 Å². The van der Waals surface area contributed by atoms with E-state index in [4.69, 9.17) is 4.42 Å². The van der Waals surface area contributed by atoms with E-state index in [0.29, 0.717) is 11.9 Å². The van der Waals surface area contributed by atoms with Gasteiger partial charge in [0.05, 0.1) is 5.69 Å². The predicted octanol–water partition coefficient (Wildman–Crippen LogP) is 3.70. The Hall–Kier alpha value is -1.36. The molecule has 0 amide bonds. The summed E-state index contributed by atoms with van der Waals surface area (Å²) in [7, 11) is 0. The highest BCUT2D eigenvalue weighted by molar-refractivity contribution is 9.10. The van der Waals surface area contributed by atoms with Gasteiger partial charge in [-0.1, -0.05) is 31.1 Å². The highest BCUT2D eigenvalue weighted by Crippen LogP contribution is 2.25. The van der Waals surface area contributed by atoms with E-state index in [2.05, 4.69) is 31.4 Å². The zero-order valence-electron chi connectivity index (χ0n) is 9.07. The molecule has 0 saturated heterocycles. The number of aromatic nitrogens is 2. The molecular weight excluding hydrogens is 270 g/mol. The SMILES string of the molecule is CC(C)c1nnc(Nc2ccccc2Br)o1. The summed E-state index contributed by atoms with van der Waals surface area (Å²) in [5.74, 6) is 0.872. The van der Waals surface area contributed by atoms with E-state index in [9.17, 15) is 0 Å². The number of hydrogen-bond acceptors (Lipinski definition) is 4. The Morgan fingerprint density at radius 3 is 2.62 bits per heavy atom. The van der Waals surface area contributed by atoms with E-state index in [1.54, 1.807) is 0 Å². The second kappa shape index (κ2) is 4.65. The van der Waals surface area contributed by atoms with Gasteiger partial charge in [0.25, 0.3) is 0 Å². The van der Waals surface area contributed by atoms with Crippen molar-refractivity contribution in [1.29, 1.82) is 0 Å².